The lowest BCUT2D eigenvalue weighted by Crippen LogP contribution is -2.40. The molecule has 4 heteroatoms. The Balaban J connectivity index is 1.64. The molecule has 1 amide bonds. The van der Waals surface area contributed by atoms with Gasteiger partial charge in [0.05, 0.1) is 5.92 Å². The number of hydrogen-bond donors (Lipinski definition) is 1. The van der Waals surface area contributed by atoms with E-state index in [4.69, 9.17) is 0 Å². The molecule has 0 unspecified atom stereocenters. The predicted octanol–water partition coefficient (Wildman–Crippen LogP) is 4.69. The highest BCUT2D eigenvalue weighted by molar-refractivity contribution is 6.03. The van der Waals surface area contributed by atoms with Crippen molar-refractivity contribution in [2.75, 3.05) is 18.4 Å². The molecule has 1 saturated heterocycles. The SMILES string of the molecule is CC(C)(C)N1C[C@H](c2ccccc2)[C@H](C(=O)Nc2cccc3cnccc23)C1. The number of likely N-dealkylation sites (tertiary alicyclic amines) is 1. The zero-order valence-corrected chi connectivity index (χ0v) is 16.7. The first kappa shape index (κ1) is 18.6. The summed E-state index contributed by atoms with van der Waals surface area (Å²) in [6.45, 7) is 8.30. The number of benzene rings is 2. The van der Waals surface area contributed by atoms with Gasteiger partial charge in [0.25, 0.3) is 0 Å². The van der Waals surface area contributed by atoms with E-state index < -0.39 is 0 Å². The molecular formula is C24H27N3O. The molecule has 1 aliphatic rings. The van der Waals surface area contributed by atoms with Crippen LogP contribution < -0.4 is 5.32 Å². The average molecular weight is 374 g/mol. The van der Waals surface area contributed by atoms with E-state index in [1.165, 1.54) is 5.56 Å². The maximum absolute atomic E-state index is 13.4. The van der Waals surface area contributed by atoms with Crippen molar-refractivity contribution < 1.29 is 4.79 Å². The topological polar surface area (TPSA) is 45.2 Å². The molecule has 144 valence electrons. The number of hydrogen-bond acceptors (Lipinski definition) is 3. The molecule has 2 heterocycles. The first-order valence-electron chi connectivity index (χ1n) is 9.87. The van der Waals surface area contributed by atoms with E-state index in [-0.39, 0.29) is 23.3 Å². The molecule has 1 fully saturated rings. The molecule has 2 aromatic carbocycles. The lowest BCUT2D eigenvalue weighted by Gasteiger charge is -2.31. The fourth-order valence-corrected chi connectivity index (χ4v) is 4.11. The van der Waals surface area contributed by atoms with Gasteiger partial charge in [0.15, 0.2) is 0 Å². The zero-order chi connectivity index (χ0) is 19.7. The van der Waals surface area contributed by atoms with Gasteiger partial charge >= 0.3 is 0 Å². The minimum atomic E-state index is -0.0845. The van der Waals surface area contributed by atoms with Gasteiger partial charge in [0.2, 0.25) is 5.91 Å². The highest BCUT2D eigenvalue weighted by atomic mass is 16.2. The Morgan fingerprint density at radius 3 is 2.57 bits per heavy atom. The molecule has 1 aromatic heterocycles. The number of rotatable bonds is 3. The average Bonchev–Trinajstić information content (AvgIpc) is 3.15. The molecule has 4 nitrogen and oxygen atoms in total. The number of carbonyl (C=O) groups excluding carboxylic acids is 1. The summed E-state index contributed by atoms with van der Waals surface area (Å²) in [6.07, 6.45) is 3.59. The van der Waals surface area contributed by atoms with Crippen LogP contribution in [0.4, 0.5) is 5.69 Å². The summed E-state index contributed by atoms with van der Waals surface area (Å²) >= 11 is 0. The summed E-state index contributed by atoms with van der Waals surface area (Å²) in [7, 11) is 0. The first-order valence-corrected chi connectivity index (χ1v) is 9.87. The number of anilines is 1. The summed E-state index contributed by atoms with van der Waals surface area (Å²) in [5, 5.41) is 5.26. The van der Waals surface area contributed by atoms with Gasteiger partial charge in [-0.15, -0.1) is 0 Å². The van der Waals surface area contributed by atoms with Gasteiger partial charge in [-0.1, -0.05) is 42.5 Å². The lowest BCUT2D eigenvalue weighted by molar-refractivity contribution is -0.120. The number of carbonyl (C=O) groups is 1. The third kappa shape index (κ3) is 3.65. The van der Waals surface area contributed by atoms with Crippen molar-refractivity contribution in [3.63, 3.8) is 0 Å². The molecule has 0 spiro atoms. The standard InChI is InChI=1S/C24H27N3O/c1-24(2,3)27-15-20(17-8-5-4-6-9-17)21(16-27)23(28)26-22-11-7-10-18-14-25-13-12-19(18)22/h4-14,20-21H,15-16H2,1-3H3,(H,26,28)/t20-,21-/m1/s1. The van der Waals surface area contributed by atoms with E-state index in [1.807, 2.05) is 36.5 Å². The second-order valence-electron chi connectivity index (χ2n) is 8.59. The van der Waals surface area contributed by atoms with Gasteiger partial charge in [-0.2, -0.15) is 0 Å². The quantitative estimate of drug-likeness (QED) is 0.724. The molecule has 3 aromatic rings. The van der Waals surface area contributed by atoms with Crippen molar-refractivity contribution in [1.82, 2.24) is 9.88 Å². The number of fused-ring (bicyclic) bond motifs is 1. The Morgan fingerprint density at radius 1 is 1.04 bits per heavy atom. The number of amides is 1. The van der Waals surface area contributed by atoms with Crippen molar-refractivity contribution in [2.45, 2.75) is 32.2 Å². The van der Waals surface area contributed by atoms with Crippen LogP contribution in [0.3, 0.4) is 0 Å². The molecule has 4 rings (SSSR count). The largest absolute Gasteiger partial charge is 0.325 e. The highest BCUT2D eigenvalue weighted by Gasteiger charge is 2.42. The van der Waals surface area contributed by atoms with Crippen molar-refractivity contribution in [1.29, 1.82) is 0 Å². The Labute approximate surface area is 166 Å². The second kappa shape index (κ2) is 7.36. The Hall–Kier alpha value is -2.72. The van der Waals surface area contributed by atoms with Gasteiger partial charge in [-0.25, -0.2) is 0 Å². The third-order valence-electron chi connectivity index (χ3n) is 5.77. The predicted molar refractivity (Wildman–Crippen MR) is 114 cm³/mol. The van der Waals surface area contributed by atoms with E-state index in [1.54, 1.807) is 6.20 Å². The normalized spacial score (nSPS) is 20.4. The van der Waals surface area contributed by atoms with Crippen LogP contribution in [0, 0.1) is 5.92 Å². The molecular weight excluding hydrogens is 346 g/mol. The second-order valence-corrected chi connectivity index (χ2v) is 8.59. The van der Waals surface area contributed by atoms with Gasteiger partial charge < -0.3 is 5.32 Å². The molecule has 0 aliphatic carbocycles. The number of pyridine rings is 1. The van der Waals surface area contributed by atoms with E-state index in [2.05, 4.69) is 60.2 Å². The monoisotopic (exact) mass is 373 g/mol. The summed E-state index contributed by atoms with van der Waals surface area (Å²) in [5.41, 5.74) is 2.12. The van der Waals surface area contributed by atoms with Crippen LogP contribution in [0.25, 0.3) is 10.8 Å². The smallest absolute Gasteiger partial charge is 0.229 e. The fourth-order valence-electron chi connectivity index (χ4n) is 4.11. The maximum Gasteiger partial charge on any atom is 0.229 e. The van der Waals surface area contributed by atoms with Gasteiger partial charge in [0.1, 0.15) is 0 Å². The molecule has 0 saturated carbocycles. The maximum atomic E-state index is 13.4. The van der Waals surface area contributed by atoms with Crippen LogP contribution in [0.15, 0.2) is 67.0 Å². The Morgan fingerprint density at radius 2 is 1.82 bits per heavy atom. The summed E-state index contributed by atoms with van der Waals surface area (Å²) < 4.78 is 0. The Kier molecular flexibility index (Phi) is 4.90. The van der Waals surface area contributed by atoms with Crippen molar-refractivity contribution in [3.05, 3.63) is 72.6 Å². The summed E-state index contributed by atoms with van der Waals surface area (Å²) in [4.78, 5) is 20.0. The molecule has 0 radical (unpaired) electrons. The van der Waals surface area contributed by atoms with E-state index in [0.29, 0.717) is 0 Å². The van der Waals surface area contributed by atoms with Crippen LogP contribution in [-0.4, -0.2) is 34.4 Å². The molecule has 2 atom stereocenters. The van der Waals surface area contributed by atoms with Crippen molar-refractivity contribution in [2.24, 2.45) is 5.92 Å². The van der Waals surface area contributed by atoms with Crippen LogP contribution in [-0.2, 0) is 4.79 Å². The van der Waals surface area contributed by atoms with Crippen LogP contribution in [0.5, 0.6) is 0 Å². The third-order valence-corrected chi connectivity index (χ3v) is 5.77. The van der Waals surface area contributed by atoms with Gasteiger partial charge in [-0.3, -0.25) is 14.7 Å². The van der Waals surface area contributed by atoms with Crippen LogP contribution in [0.1, 0.15) is 32.3 Å². The van der Waals surface area contributed by atoms with Crippen LogP contribution >= 0.6 is 0 Å². The number of nitrogens with zero attached hydrogens (tertiary/aromatic N) is 2. The number of nitrogens with one attached hydrogen (secondary N) is 1. The minimum Gasteiger partial charge on any atom is -0.325 e. The first-order chi connectivity index (χ1) is 13.4. The van der Waals surface area contributed by atoms with Gasteiger partial charge in [0, 0.05) is 53.4 Å². The molecule has 0 bridgehead atoms. The lowest BCUT2D eigenvalue weighted by atomic mass is 9.88. The van der Waals surface area contributed by atoms with Crippen LogP contribution in [0.2, 0.25) is 0 Å². The highest BCUT2D eigenvalue weighted by Crippen LogP contribution is 2.37. The van der Waals surface area contributed by atoms with Crippen molar-refractivity contribution >= 4 is 22.4 Å². The minimum absolute atomic E-state index is 0.0349. The van der Waals surface area contributed by atoms with Gasteiger partial charge in [-0.05, 0) is 38.5 Å². The van der Waals surface area contributed by atoms with Crippen molar-refractivity contribution in [3.8, 4) is 0 Å². The van der Waals surface area contributed by atoms with E-state index in [9.17, 15) is 4.79 Å². The Bertz CT molecular complexity index is 973. The molecule has 1 aliphatic heterocycles. The zero-order valence-electron chi connectivity index (χ0n) is 16.7. The van der Waals surface area contributed by atoms with E-state index >= 15 is 0 Å². The summed E-state index contributed by atoms with van der Waals surface area (Å²) in [5.74, 6) is 0.195. The molecule has 1 N–H and O–H groups in total. The fraction of sp³-hybridized carbons (Fsp3) is 0.333. The van der Waals surface area contributed by atoms with E-state index in [0.717, 1.165) is 29.5 Å². The number of aromatic nitrogens is 1. The molecule has 28 heavy (non-hydrogen) atoms. The summed E-state index contributed by atoms with van der Waals surface area (Å²) in [6, 6.07) is 18.3.